The van der Waals surface area contributed by atoms with Gasteiger partial charge in [-0.15, -0.1) is 11.3 Å². The number of aliphatic imine (C=N–C) groups is 1. The number of anilines is 1. The average Bonchev–Trinajstić information content (AvgIpc) is 3.25. The molecule has 1 unspecified atom stereocenters. The molecule has 1 aliphatic heterocycles. The Morgan fingerprint density at radius 2 is 2.00 bits per heavy atom. The summed E-state index contributed by atoms with van der Waals surface area (Å²) in [5.74, 6) is 1.03. The number of nitrogens with zero attached hydrogens (tertiary/aromatic N) is 3. The topological polar surface area (TPSA) is 89.3 Å². The van der Waals surface area contributed by atoms with Crippen molar-refractivity contribution in [1.82, 2.24) is 4.98 Å². The summed E-state index contributed by atoms with van der Waals surface area (Å²) in [6.45, 7) is 5.81. The minimum atomic E-state index is -0.529. The van der Waals surface area contributed by atoms with E-state index in [0.29, 0.717) is 17.3 Å². The molecule has 3 heterocycles. The zero-order chi connectivity index (χ0) is 20.7. The van der Waals surface area contributed by atoms with Gasteiger partial charge in [0.05, 0.1) is 18.3 Å². The van der Waals surface area contributed by atoms with Crippen LogP contribution in [0.15, 0.2) is 46.1 Å². The number of halogens is 1. The maximum absolute atomic E-state index is 8.87. The molecule has 3 aromatic rings. The van der Waals surface area contributed by atoms with Crippen molar-refractivity contribution in [3.63, 3.8) is 0 Å². The highest BCUT2D eigenvalue weighted by Crippen LogP contribution is 2.40. The summed E-state index contributed by atoms with van der Waals surface area (Å²) in [6, 6.07) is 7.03. The van der Waals surface area contributed by atoms with E-state index in [2.05, 4.69) is 18.8 Å². The van der Waals surface area contributed by atoms with Gasteiger partial charge in [-0.3, -0.25) is 20.7 Å². The molecule has 1 aromatic carbocycles. The van der Waals surface area contributed by atoms with Crippen LogP contribution in [0.25, 0.3) is 0 Å². The predicted octanol–water partition coefficient (Wildman–Crippen LogP) is 5.25. The van der Waals surface area contributed by atoms with Crippen molar-refractivity contribution in [3.05, 3.63) is 69.2 Å². The van der Waals surface area contributed by atoms with Crippen molar-refractivity contribution >= 4 is 45.3 Å². The van der Waals surface area contributed by atoms with Gasteiger partial charge in [-0.2, -0.15) is 0 Å². The number of hydrogen-bond acceptors (Lipinski definition) is 6. The van der Waals surface area contributed by atoms with Crippen molar-refractivity contribution in [2.45, 2.75) is 33.2 Å². The summed E-state index contributed by atoms with van der Waals surface area (Å²) < 4.78 is 5.42. The lowest BCUT2D eigenvalue weighted by molar-refractivity contribution is 0.488. The number of hydrogen-bond donors (Lipinski definition) is 2. The fourth-order valence-electron chi connectivity index (χ4n) is 3.41. The third-order valence-electron chi connectivity index (χ3n) is 4.95. The first-order valence-electron chi connectivity index (χ1n) is 9.13. The van der Waals surface area contributed by atoms with Crippen LogP contribution < -0.4 is 4.90 Å². The molecular weight excluding hydrogens is 406 g/mol. The molecule has 1 atom stereocenters. The number of aromatic nitrogens is 1. The second kappa shape index (κ2) is 7.57. The molecule has 6 nitrogen and oxygen atoms in total. The van der Waals surface area contributed by atoms with Gasteiger partial charge in [0.1, 0.15) is 29.0 Å². The summed E-state index contributed by atoms with van der Waals surface area (Å²) in [5.41, 5.74) is 3.78. The van der Waals surface area contributed by atoms with E-state index < -0.39 is 6.04 Å². The molecule has 0 fully saturated rings. The molecule has 0 bridgehead atoms. The monoisotopic (exact) mass is 425 g/mol. The van der Waals surface area contributed by atoms with Crippen LogP contribution in [0.4, 0.5) is 5.00 Å². The largest absolute Gasteiger partial charge is 0.449 e. The molecule has 0 amide bonds. The predicted molar refractivity (Wildman–Crippen MR) is 118 cm³/mol. The molecule has 0 radical (unpaired) electrons. The zero-order valence-electron chi connectivity index (χ0n) is 16.3. The highest BCUT2D eigenvalue weighted by Gasteiger charge is 2.34. The van der Waals surface area contributed by atoms with Gasteiger partial charge in [0.25, 0.3) is 0 Å². The highest BCUT2D eigenvalue weighted by molar-refractivity contribution is 7.17. The lowest BCUT2D eigenvalue weighted by Gasteiger charge is -2.24. The number of nitrogens with one attached hydrogen (secondary N) is 2. The molecule has 4 rings (SSSR count). The molecule has 29 heavy (non-hydrogen) atoms. The van der Waals surface area contributed by atoms with Crippen LogP contribution in [-0.2, 0) is 6.42 Å². The van der Waals surface area contributed by atoms with Crippen molar-refractivity contribution in [1.29, 1.82) is 10.8 Å². The second-order valence-electron chi connectivity index (χ2n) is 6.90. The Balaban J connectivity index is 1.95. The minimum absolute atomic E-state index is 0.238. The van der Waals surface area contributed by atoms with E-state index in [1.54, 1.807) is 29.4 Å². The van der Waals surface area contributed by atoms with Gasteiger partial charge in [0.15, 0.2) is 5.89 Å². The summed E-state index contributed by atoms with van der Waals surface area (Å²) in [7, 11) is 0. The third kappa shape index (κ3) is 3.52. The first kappa shape index (κ1) is 19.5. The Labute approximate surface area is 177 Å². The van der Waals surface area contributed by atoms with Crippen LogP contribution in [-0.4, -0.2) is 28.4 Å². The molecule has 0 saturated carbocycles. The number of rotatable bonds is 3. The molecule has 8 heteroatoms. The van der Waals surface area contributed by atoms with Crippen molar-refractivity contribution in [3.8, 4) is 0 Å². The smallest absolute Gasteiger partial charge is 0.196 e. The van der Waals surface area contributed by atoms with Crippen LogP contribution in [0.3, 0.4) is 0 Å². The lowest BCUT2D eigenvalue weighted by atomic mass is 9.99. The number of oxazole rings is 1. The van der Waals surface area contributed by atoms with E-state index in [-0.39, 0.29) is 11.7 Å². The van der Waals surface area contributed by atoms with E-state index in [1.165, 1.54) is 6.26 Å². The Hall–Kier alpha value is -2.77. The van der Waals surface area contributed by atoms with Crippen LogP contribution in [0.5, 0.6) is 0 Å². The molecule has 2 aromatic heterocycles. The number of aryl methyl sites for hydroxylation is 1. The maximum atomic E-state index is 8.87. The van der Waals surface area contributed by atoms with Gasteiger partial charge in [-0.25, -0.2) is 4.98 Å². The molecule has 0 saturated heterocycles. The second-order valence-corrected chi connectivity index (χ2v) is 8.54. The van der Waals surface area contributed by atoms with Crippen LogP contribution >= 0.6 is 22.9 Å². The Kier molecular flexibility index (Phi) is 5.10. The van der Waals surface area contributed by atoms with Gasteiger partial charge < -0.3 is 4.42 Å². The van der Waals surface area contributed by atoms with E-state index in [9.17, 15) is 0 Å². The summed E-state index contributed by atoms with van der Waals surface area (Å²) >= 11 is 7.68. The quantitative estimate of drug-likeness (QED) is 0.443. The van der Waals surface area contributed by atoms with Crippen LogP contribution in [0, 0.1) is 24.7 Å². The molecule has 0 spiro atoms. The van der Waals surface area contributed by atoms with Gasteiger partial charge in [-0.1, -0.05) is 23.7 Å². The van der Waals surface area contributed by atoms with Crippen molar-refractivity contribution in [2.24, 2.45) is 4.99 Å². The number of amidine groups is 2. The molecule has 2 N–H and O–H groups in total. The fraction of sp³-hybridized carbons (Fsp3) is 0.238. The minimum Gasteiger partial charge on any atom is -0.449 e. The van der Waals surface area contributed by atoms with Crippen LogP contribution in [0.1, 0.15) is 34.4 Å². The van der Waals surface area contributed by atoms with Gasteiger partial charge in [0.2, 0.25) is 0 Å². The lowest BCUT2D eigenvalue weighted by Crippen LogP contribution is -2.40. The molecule has 1 aliphatic rings. The van der Waals surface area contributed by atoms with Gasteiger partial charge in [0, 0.05) is 21.0 Å². The fourth-order valence-corrected chi connectivity index (χ4v) is 4.76. The van der Waals surface area contributed by atoms with E-state index in [1.807, 2.05) is 24.3 Å². The molecule has 148 valence electrons. The Morgan fingerprint density at radius 3 is 2.62 bits per heavy atom. The normalized spacial score (nSPS) is 16.4. The molecular formula is C21H20ClN5OS. The molecule has 0 aliphatic carbocycles. The van der Waals surface area contributed by atoms with E-state index in [4.69, 9.17) is 31.8 Å². The zero-order valence-corrected chi connectivity index (χ0v) is 17.9. The first-order valence-corrected chi connectivity index (χ1v) is 10.3. The van der Waals surface area contributed by atoms with Gasteiger partial charge in [-0.05, 0) is 38.5 Å². The number of thiophene rings is 1. The Bertz CT molecular complexity index is 1110. The maximum Gasteiger partial charge on any atom is 0.196 e. The van der Waals surface area contributed by atoms with Crippen molar-refractivity contribution < 1.29 is 4.42 Å². The summed E-state index contributed by atoms with van der Waals surface area (Å²) in [6.07, 6.45) is 3.45. The highest BCUT2D eigenvalue weighted by atomic mass is 35.5. The third-order valence-corrected chi connectivity index (χ3v) is 6.40. The first-order chi connectivity index (χ1) is 13.9. The number of fused-ring (bicyclic) bond motifs is 1. The van der Waals surface area contributed by atoms with Gasteiger partial charge >= 0.3 is 0 Å². The van der Waals surface area contributed by atoms with Crippen molar-refractivity contribution in [2.75, 3.05) is 4.90 Å². The summed E-state index contributed by atoms with van der Waals surface area (Å²) in [5, 5.41) is 18.7. The van der Waals surface area contributed by atoms with E-state index in [0.717, 1.165) is 32.3 Å². The SMILES string of the molecule is CC(=N)N1C(=N)C(Cc2ncco2)N=C(c2ccc(Cl)cc2)c2c1sc(C)c2C. The summed E-state index contributed by atoms with van der Waals surface area (Å²) in [4.78, 5) is 12.0. The average molecular weight is 426 g/mol. The van der Waals surface area contributed by atoms with E-state index >= 15 is 0 Å². The Morgan fingerprint density at radius 1 is 1.28 bits per heavy atom. The number of benzene rings is 1. The standard InChI is InChI=1S/C21H20ClN5OS/c1-11-12(2)29-21-18(11)19(14-4-6-15(22)7-5-14)26-16(10-17-25-8-9-28-17)20(24)27(21)13(3)23/h4-9,16,23-24H,10H2,1-3H3. The van der Waals surface area contributed by atoms with Crippen LogP contribution in [0.2, 0.25) is 5.02 Å².